The monoisotopic (exact) mass is 434 g/mol. The van der Waals surface area contributed by atoms with E-state index in [1.54, 1.807) is 7.05 Å². The molecule has 0 saturated carbocycles. The average Bonchev–Trinajstić information content (AvgIpc) is 2.78. The quantitative estimate of drug-likeness (QED) is 0.335. The summed E-state index contributed by atoms with van der Waals surface area (Å²) in [5.74, 6) is 1.46. The van der Waals surface area contributed by atoms with Gasteiger partial charge in [0.2, 0.25) is 0 Å². The molecule has 1 N–H and O–H groups in total. The molecule has 0 bridgehead atoms. The van der Waals surface area contributed by atoms with Crippen molar-refractivity contribution < 1.29 is 14.3 Å². The van der Waals surface area contributed by atoms with E-state index in [-0.39, 0.29) is 18.1 Å². The standard InChI is InChI=1S/C25H30N4O3/c1-5-19(15-27-26-4)25(30)28-18(3)20-7-11-23(12-8-20)32-24-16-29(17-24)21-9-13-22(14-10-21)31-6-2/h5,7-15,18,24H,1,6,16-17H2,2-4H3,(H,28,30)/b19-15+,27-26?/t18-/m0/s1. The summed E-state index contributed by atoms with van der Waals surface area (Å²) >= 11 is 0. The Balaban J connectivity index is 1.49. The molecule has 1 aliphatic heterocycles. The Hall–Kier alpha value is -3.61. The van der Waals surface area contributed by atoms with Crippen LogP contribution in [0.15, 0.2) is 83.2 Å². The minimum atomic E-state index is -0.246. The lowest BCUT2D eigenvalue weighted by atomic mass is 10.1. The van der Waals surface area contributed by atoms with Crippen molar-refractivity contribution in [3.63, 3.8) is 0 Å². The molecule has 1 fully saturated rings. The van der Waals surface area contributed by atoms with Crippen molar-refractivity contribution in [1.29, 1.82) is 0 Å². The topological polar surface area (TPSA) is 75.5 Å². The summed E-state index contributed by atoms with van der Waals surface area (Å²) in [5.41, 5.74) is 2.52. The molecule has 0 spiro atoms. The first kappa shape index (κ1) is 23.1. The van der Waals surface area contributed by atoms with Gasteiger partial charge in [-0.2, -0.15) is 10.2 Å². The molecular weight excluding hydrogens is 404 g/mol. The van der Waals surface area contributed by atoms with E-state index in [0.29, 0.717) is 12.2 Å². The largest absolute Gasteiger partial charge is 0.494 e. The second-order valence-corrected chi connectivity index (χ2v) is 7.44. The summed E-state index contributed by atoms with van der Waals surface area (Å²) in [7, 11) is 1.54. The van der Waals surface area contributed by atoms with E-state index in [2.05, 4.69) is 39.2 Å². The Bertz CT molecular complexity index is 962. The molecule has 7 nitrogen and oxygen atoms in total. The van der Waals surface area contributed by atoms with E-state index in [0.717, 1.165) is 30.2 Å². The molecule has 1 aliphatic rings. The molecule has 1 saturated heterocycles. The van der Waals surface area contributed by atoms with Crippen LogP contribution >= 0.6 is 0 Å². The predicted molar refractivity (Wildman–Crippen MR) is 126 cm³/mol. The van der Waals surface area contributed by atoms with Crippen molar-refractivity contribution >= 4 is 11.6 Å². The van der Waals surface area contributed by atoms with Gasteiger partial charge in [-0.1, -0.05) is 24.8 Å². The van der Waals surface area contributed by atoms with Gasteiger partial charge in [0.1, 0.15) is 17.6 Å². The fourth-order valence-corrected chi connectivity index (χ4v) is 3.36. The van der Waals surface area contributed by atoms with Crippen LogP contribution in [0.1, 0.15) is 25.5 Å². The van der Waals surface area contributed by atoms with Crippen molar-refractivity contribution in [1.82, 2.24) is 5.32 Å². The fraction of sp³-hybridized carbons (Fsp3) is 0.320. The molecule has 2 aromatic carbocycles. The van der Waals surface area contributed by atoms with Gasteiger partial charge in [-0.05, 0) is 55.8 Å². The number of carbonyl (C=O) groups excluding carboxylic acids is 1. The zero-order chi connectivity index (χ0) is 22.9. The Morgan fingerprint density at radius 2 is 1.84 bits per heavy atom. The first-order chi connectivity index (χ1) is 15.5. The summed E-state index contributed by atoms with van der Waals surface area (Å²) in [6.07, 6.45) is 3.00. The highest BCUT2D eigenvalue weighted by Crippen LogP contribution is 2.27. The Kier molecular flexibility index (Phi) is 8.02. The van der Waals surface area contributed by atoms with E-state index in [9.17, 15) is 4.79 Å². The zero-order valence-electron chi connectivity index (χ0n) is 18.8. The minimum Gasteiger partial charge on any atom is -0.494 e. The maximum Gasteiger partial charge on any atom is 0.253 e. The van der Waals surface area contributed by atoms with Gasteiger partial charge in [0.05, 0.1) is 37.5 Å². The number of benzene rings is 2. The second-order valence-electron chi connectivity index (χ2n) is 7.44. The lowest BCUT2D eigenvalue weighted by Crippen LogP contribution is -2.54. The predicted octanol–water partition coefficient (Wildman–Crippen LogP) is 4.68. The summed E-state index contributed by atoms with van der Waals surface area (Å²) in [5, 5.41) is 10.3. The average molecular weight is 435 g/mol. The van der Waals surface area contributed by atoms with E-state index in [1.165, 1.54) is 18.0 Å². The maximum atomic E-state index is 12.3. The summed E-state index contributed by atoms with van der Waals surface area (Å²) in [4.78, 5) is 14.6. The number of amides is 1. The fourth-order valence-electron chi connectivity index (χ4n) is 3.36. The molecule has 32 heavy (non-hydrogen) atoms. The number of rotatable bonds is 10. The Morgan fingerprint density at radius 3 is 2.44 bits per heavy atom. The molecule has 2 aromatic rings. The second kappa shape index (κ2) is 11.1. The Labute approximate surface area is 189 Å². The third-order valence-corrected chi connectivity index (χ3v) is 5.19. The van der Waals surface area contributed by atoms with Crippen LogP contribution in [0.5, 0.6) is 11.5 Å². The van der Waals surface area contributed by atoms with Crippen molar-refractivity contribution in [2.45, 2.75) is 26.0 Å². The van der Waals surface area contributed by atoms with Crippen molar-refractivity contribution in [3.8, 4) is 11.5 Å². The van der Waals surface area contributed by atoms with Gasteiger partial charge in [-0.25, -0.2) is 0 Å². The first-order valence-electron chi connectivity index (χ1n) is 10.7. The molecule has 0 aliphatic carbocycles. The van der Waals surface area contributed by atoms with E-state index in [4.69, 9.17) is 9.47 Å². The minimum absolute atomic E-state index is 0.151. The molecule has 1 amide bonds. The lowest BCUT2D eigenvalue weighted by molar-refractivity contribution is -0.117. The molecule has 0 aromatic heterocycles. The summed E-state index contributed by atoms with van der Waals surface area (Å²) in [6.45, 7) is 9.90. The number of hydrogen-bond donors (Lipinski definition) is 1. The SMILES string of the molecule is C=C/C(=C\N=NC)C(=O)N[C@@H](C)c1ccc(OC2CN(c3ccc(OCC)cc3)C2)cc1. The van der Waals surface area contributed by atoms with E-state index >= 15 is 0 Å². The van der Waals surface area contributed by atoms with Gasteiger partial charge in [-0.15, -0.1) is 0 Å². The van der Waals surface area contributed by atoms with Gasteiger partial charge in [0.25, 0.3) is 5.91 Å². The van der Waals surface area contributed by atoms with Gasteiger partial charge >= 0.3 is 0 Å². The van der Waals surface area contributed by atoms with Crippen LogP contribution in [0, 0.1) is 0 Å². The summed E-state index contributed by atoms with van der Waals surface area (Å²) < 4.78 is 11.6. The number of ether oxygens (including phenoxy) is 2. The van der Waals surface area contributed by atoms with Crippen LogP contribution < -0.4 is 19.7 Å². The van der Waals surface area contributed by atoms with E-state index < -0.39 is 0 Å². The maximum absolute atomic E-state index is 12.3. The van der Waals surface area contributed by atoms with Crippen LogP contribution in [-0.2, 0) is 4.79 Å². The highest BCUT2D eigenvalue weighted by atomic mass is 16.5. The van der Waals surface area contributed by atoms with Crippen molar-refractivity contribution in [2.24, 2.45) is 10.2 Å². The number of azo groups is 1. The molecule has 168 valence electrons. The van der Waals surface area contributed by atoms with Gasteiger partial charge in [0, 0.05) is 12.7 Å². The molecule has 0 unspecified atom stereocenters. The van der Waals surface area contributed by atoms with Crippen LogP contribution in [0.25, 0.3) is 0 Å². The van der Waals surface area contributed by atoms with Crippen LogP contribution in [0.3, 0.4) is 0 Å². The van der Waals surface area contributed by atoms with Gasteiger partial charge in [-0.3, -0.25) is 4.79 Å². The Morgan fingerprint density at radius 1 is 1.19 bits per heavy atom. The van der Waals surface area contributed by atoms with Crippen molar-refractivity contribution in [2.75, 3.05) is 31.6 Å². The van der Waals surface area contributed by atoms with Crippen LogP contribution in [-0.4, -0.2) is 38.8 Å². The molecule has 3 rings (SSSR count). The summed E-state index contributed by atoms with van der Waals surface area (Å²) in [6, 6.07) is 15.8. The normalized spacial score (nSPS) is 15.2. The number of nitrogens with one attached hydrogen (secondary N) is 1. The zero-order valence-corrected chi connectivity index (χ0v) is 18.8. The molecular formula is C25H30N4O3. The lowest BCUT2D eigenvalue weighted by Gasteiger charge is -2.40. The molecule has 7 heteroatoms. The molecule has 1 heterocycles. The van der Waals surface area contributed by atoms with Crippen molar-refractivity contribution in [3.05, 3.63) is 78.5 Å². The molecule has 0 radical (unpaired) electrons. The smallest absolute Gasteiger partial charge is 0.253 e. The first-order valence-corrected chi connectivity index (χ1v) is 10.7. The molecule has 1 atom stereocenters. The number of nitrogens with zero attached hydrogens (tertiary/aromatic N) is 3. The van der Waals surface area contributed by atoms with E-state index in [1.807, 2.05) is 50.2 Å². The highest BCUT2D eigenvalue weighted by Gasteiger charge is 2.28. The number of carbonyl (C=O) groups is 1. The van der Waals surface area contributed by atoms with Crippen LogP contribution in [0.4, 0.5) is 5.69 Å². The van der Waals surface area contributed by atoms with Gasteiger partial charge in [0.15, 0.2) is 0 Å². The highest BCUT2D eigenvalue weighted by molar-refractivity contribution is 5.96. The third-order valence-electron chi connectivity index (χ3n) is 5.19. The van der Waals surface area contributed by atoms with Gasteiger partial charge < -0.3 is 19.7 Å². The number of anilines is 1. The van der Waals surface area contributed by atoms with Crippen LogP contribution in [0.2, 0.25) is 0 Å². The number of hydrogen-bond acceptors (Lipinski definition) is 6. The third kappa shape index (κ3) is 5.97.